The van der Waals surface area contributed by atoms with E-state index in [1.165, 1.54) is 19.2 Å². The van der Waals surface area contributed by atoms with Gasteiger partial charge in [0.2, 0.25) is 0 Å². The number of aromatic amines is 1. The van der Waals surface area contributed by atoms with Crippen LogP contribution in [0.2, 0.25) is 0 Å². The van der Waals surface area contributed by atoms with Crippen molar-refractivity contribution in [1.82, 2.24) is 4.98 Å². The Hall–Kier alpha value is -1.07. The molecule has 0 saturated heterocycles. The van der Waals surface area contributed by atoms with Crippen molar-refractivity contribution in [2.24, 2.45) is 0 Å². The molecule has 4 nitrogen and oxygen atoms in total. The number of ketones is 1. The Balaban J connectivity index is 2.90. The second-order valence-electron chi connectivity index (χ2n) is 2.27. The van der Waals surface area contributed by atoms with Crippen molar-refractivity contribution in [3.8, 4) is 0 Å². The highest BCUT2D eigenvalue weighted by molar-refractivity contribution is 6.57. The Kier molecular flexibility index (Phi) is 2.12. The monoisotopic (exact) mass is 153 g/mol. The molecule has 0 bridgehead atoms. The van der Waals surface area contributed by atoms with E-state index in [-0.39, 0.29) is 11.4 Å². The fraction of sp³-hybridized carbons (Fsp3) is 0.167. The smallest absolute Gasteiger partial charge is 0.422 e. The molecule has 0 aromatic carbocycles. The maximum absolute atomic E-state index is 10.7. The Morgan fingerprint density at radius 2 is 2.27 bits per heavy atom. The molecule has 0 aliphatic heterocycles. The van der Waals surface area contributed by atoms with E-state index in [1.54, 1.807) is 0 Å². The Morgan fingerprint density at radius 3 is 2.55 bits per heavy atom. The predicted molar refractivity (Wildman–Crippen MR) is 40.6 cm³/mol. The van der Waals surface area contributed by atoms with E-state index in [4.69, 9.17) is 10.0 Å². The van der Waals surface area contributed by atoms with E-state index in [9.17, 15) is 4.79 Å². The quantitative estimate of drug-likeness (QED) is 0.372. The lowest BCUT2D eigenvalue weighted by atomic mass is 9.86. The molecule has 11 heavy (non-hydrogen) atoms. The predicted octanol–water partition coefficient (Wildman–Crippen LogP) is -1.10. The molecule has 0 aliphatic rings. The Bertz CT molecular complexity index is 269. The fourth-order valence-corrected chi connectivity index (χ4v) is 0.764. The van der Waals surface area contributed by atoms with Crippen LogP contribution < -0.4 is 5.59 Å². The Morgan fingerprint density at radius 1 is 1.64 bits per heavy atom. The molecule has 3 N–H and O–H groups in total. The maximum atomic E-state index is 10.7. The number of nitrogens with one attached hydrogen (secondary N) is 1. The first kappa shape index (κ1) is 8.04. The summed E-state index contributed by atoms with van der Waals surface area (Å²) in [5, 5.41) is 17.3. The van der Waals surface area contributed by atoms with E-state index in [0.717, 1.165) is 0 Å². The van der Waals surface area contributed by atoms with Crippen molar-refractivity contribution in [3.05, 3.63) is 17.8 Å². The second kappa shape index (κ2) is 2.90. The van der Waals surface area contributed by atoms with Gasteiger partial charge in [0.1, 0.15) is 0 Å². The van der Waals surface area contributed by atoms with Gasteiger partial charge in [0.05, 0.1) is 0 Å². The van der Waals surface area contributed by atoms with E-state index < -0.39 is 7.12 Å². The molecule has 0 spiro atoms. The van der Waals surface area contributed by atoms with Crippen molar-refractivity contribution in [2.45, 2.75) is 6.92 Å². The summed E-state index contributed by atoms with van der Waals surface area (Å²) in [5.41, 5.74) is 0.684. The average Bonchev–Trinajstić information content (AvgIpc) is 2.33. The molecule has 0 saturated carbocycles. The number of aromatic nitrogens is 1. The van der Waals surface area contributed by atoms with Crippen molar-refractivity contribution in [3.63, 3.8) is 0 Å². The third-order valence-corrected chi connectivity index (χ3v) is 1.39. The zero-order valence-electron chi connectivity index (χ0n) is 6.03. The molecule has 1 aromatic rings. The maximum Gasteiger partial charge on any atom is 0.505 e. The topological polar surface area (TPSA) is 73.3 Å². The number of carbonyl (C=O) groups excluding carboxylic acids is 1. The van der Waals surface area contributed by atoms with Gasteiger partial charge in [0.15, 0.2) is 5.78 Å². The van der Waals surface area contributed by atoms with E-state index >= 15 is 0 Å². The highest BCUT2D eigenvalue weighted by Crippen LogP contribution is 1.95. The van der Waals surface area contributed by atoms with Crippen LogP contribution in [-0.4, -0.2) is 27.9 Å². The van der Waals surface area contributed by atoms with E-state index in [2.05, 4.69) is 4.98 Å². The van der Waals surface area contributed by atoms with Crippen molar-refractivity contribution in [2.75, 3.05) is 0 Å². The number of hydrogen-bond acceptors (Lipinski definition) is 3. The minimum atomic E-state index is -1.54. The van der Waals surface area contributed by atoms with Crippen LogP contribution in [0.5, 0.6) is 0 Å². The van der Waals surface area contributed by atoms with Gasteiger partial charge in [-0.15, -0.1) is 0 Å². The first-order chi connectivity index (χ1) is 5.11. The van der Waals surface area contributed by atoms with Crippen LogP contribution in [0, 0.1) is 0 Å². The molecule has 0 amide bonds. The van der Waals surface area contributed by atoms with Gasteiger partial charge in [0, 0.05) is 17.4 Å². The standard InChI is InChI=1S/C6H8BNO3/c1-4(9)5-2-6(7(10)11)8-3-5/h2-3,8,10-11H,1H3. The van der Waals surface area contributed by atoms with Gasteiger partial charge < -0.3 is 15.0 Å². The van der Waals surface area contributed by atoms with Crippen LogP contribution >= 0.6 is 0 Å². The van der Waals surface area contributed by atoms with Gasteiger partial charge in [-0.25, -0.2) is 0 Å². The first-order valence-corrected chi connectivity index (χ1v) is 3.16. The van der Waals surface area contributed by atoms with Gasteiger partial charge in [-0.1, -0.05) is 0 Å². The van der Waals surface area contributed by atoms with Gasteiger partial charge >= 0.3 is 7.12 Å². The Labute approximate surface area is 64.0 Å². The number of hydrogen-bond donors (Lipinski definition) is 3. The molecular formula is C6H8BNO3. The fourth-order valence-electron chi connectivity index (χ4n) is 0.764. The zero-order chi connectivity index (χ0) is 8.43. The molecule has 0 atom stereocenters. The van der Waals surface area contributed by atoms with Crippen molar-refractivity contribution < 1.29 is 14.8 Å². The SMILES string of the molecule is CC(=O)c1c[nH]c(B(O)O)c1. The highest BCUT2D eigenvalue weighted by Gasteiger charge is 2.13. The highest BCUT2D eigenvalue weighted by atomic mass is 16.4. The summed E-state index contributed by atoms with van der Waals surface area (Å²) in [6, 6.07) is 1.41. The minimum Gasteiger partial charge on any atom is -0.422 e. The molecule has 58 valence electrons. The summed E-state index contributed by atoms with van der Waals surface area (Å²) >= 11 is 0. The molecule has 0 radical (unpaired) electrons. The molecule has 1 heterocycles. The lowest BCUT2D eigenvalue weighted by Gasteiger charge is -1.89. The lowest BCUT2D eigenvalue weighted by molar-refractivity contribution is 0.101. The summed E-state index contributed by atoms with van der Waals surface area (Å²) in [6.07, 6.45) is 1.44. The number of rotatable bonds is 2. The van der Waals surface area contributed by atoms with Crippen molar-refractivity contribution in [1.29, 1.82) is 0 Å². The molecule has 0 aliphatic carbocycles. The summed E-state index contributed by atoms with van der Waals surface area (Å²) in [6.45, 7) is 1.41. The number of H-pyrrole nitrogens is 1. The van der Waals surface area contributed by atoms with Crippen LogP contribution in [0.15, 0.2) is 12.3 Å². The molecule has 0 fully saturated rings. The van der Waals surface area contributed by atoms with Crippen LogP contribution in [-0.2, 0) is 0 Å². The minimum absolute atomic E-state index is 0.104. The molecule has 5 heteroatoms. The first-order valence-electron chi connectivity index (χ1n) is 3.16. The van der Waals surface area contributed by atoms with Crippen LogP contribution in [0.3, 0.4) is 0 Å². The summed E-state index contributed by atoms with van der Waals surface area (Å²) in [4.78, 5) is 13.3. The third kappa shape index (κ3) is 1.69. The van der Waals surface area contributed by atoms with Crippen LogP contribution in [0.25, 0.3) is 0 Å². The summed E-state index contributed by atoms with van der Waals surface area (Å²) in [5.74, 6) is -0.104. The summed E-state index contributed by atoms with van der Waals surface area (Å²) < 4.78 is 0. The largest absolute Gasteiger partial charge is 0.505 e. The van der Waals surface area contributed by atoms with E-state index in [0.29, 0.717) is 5.56 Å². The molecule has 1 rings (SSSR count). The average molecular weight is 153 g/mol. The summed E-state index contributed by atoms with van der Waals surface area (Å²) in [7, 11) is -1.54. The van der Waals surface area contributed by atoms with Crippen LogP contribution in [0.4, 0.5) is 0 Å². The third-order valence-electron chi connectivity index (χ3n) is 1.39. The molecule has 0 unspecified atom stereocenters. The molecule has 1 aromatic heterocycles. The van der Waals surface area contributed by atoms with Crippen molar-refractivity contribution >= 4 is 18.5 Å². The second-order valence-corrected chi connectivity index (χ2v) is 2.27. The number of Topliss-reactive ketones (excluding diaryl/α,β-unsaturated/α-hetero) is 1. The van der Waals surface area contributed by atoms with Gasteiger partial charge in [-0.2, -0.15) is 0 Å². The lowest BCUT2D eigenvalue weighted by Crippen LogP contribution is -2.30. The number of carbonyl (C=O) groups is 1. The van der Waals surface area contributed by atoms with E-state index in [1.807, 2.05) is 0 Å². The normalized spacial score (nSPS) is 9.73. The molecular weight excluding hydrogens is 145 g/mol. The van der Waals surface area contributed by atoms with Crippen LogP contribution in [0.1, 0.15) is 17.3 Å². The van der Waals surface area contributed by atoms with Gasteiger partial charge in [-0.05, 0) is 13.0 Å². The van der Waals surface area contributed by atoms with Gasteiger partial charge in [0.25, 0.3) is 0 Å². The zero-order valence-corrected chi connectivity index (χ0v) is 6.03. The van der Waals surface area contributed by atoms with Gasteiger partial charge in [-0.3, -0.25) is 4.79 Å².